The molecule has 0 saturated carbocycles. The van der Waals surface area contributed by atoms with Gasteiger partial charge in [-0.15, -0.1) is 0 Å². The maximum atomic E-state index is 13.9. The number of hydrogen-bond donors (Lipinski definition) is 1. The Morgan fingerprint density at radius 3 is 2.61 bits per heavy atom. The third kappa shape index (κ3) is 3.53. The Morgan fingerprint density at radius 2 is 2.00 bits per heavy atom. The third-order valence-electron chi connectivity index (χ3n) is 4.59. The number of halogens is 2. The van der Waals surface area contributed by atoms with E-state index < -0.39 is 16.0 Å². The number of piperazine rings is 1. The molecule has 2 heterocycles. The lowest BCUT2D eigenvalue weighted by Crippen LogP contribution is -2.61. The van der Waals surface area contributed by atoms with Crippen molar-refractivity contribution in [3.63, 3.8) is 0 Å². The predicted octanol–water partition coefficient (Wildman–Crippen LogP) is 1.98. The highest BCUT2D eigenvalue weighted by atomic mass is 35.5. The summed E-state index contributed by atoms with van der Waals surface area (Å²) in [5.41, 5.74) is 0.204. The minimum Gasteiger partial charge on any atom is -0.309 e. The zero-order chi connectivity index (χ0) is 16.6. The number of benzene rings is 1. The van der Waals surface area contributed by atoms with Crippen LogP contribution in [0.1, 0.15) is 24.8 Å². The molecule has 5 nitrogen and oxygen atoms in total. The summed E-state index contributed by atoms with van der Waals surface area (Å²) in [5, 5.41) is 3.70. The molecule has 0 amide bonds. The minimum atomic E-state index is -3.63. The summed E-state index contributed by atoms with van der Waals surface area (Å²) in [6, 6.07) is 4.78. The standard InChI is InChI=1S/C15H21ClFN3O2S/c1-19(10-13-14(16)6-3-7-15(13)17)23(21,22)20-8-11-4-2-5-12(9-20)18-11/h3,6-7,11-12,18H,2,4-5,8-10H2,1H3. The molecule has 128 valence electrons. The van der Waals surface area contributed by atoms with Crippen LogP contribution in [0.25, 0.3) is 0 Å². The van der Waals surface area contributed by atoms with Crippen molar-refractivity contribution in [1.82, 2.24) is 13.9 Å². The second-order valence-corrected chi connectivity index (χ2v) is 8.72. The van der Waals surface area contributed by atoms with Crippen molar-refractivity contribution in [2.24, 2.45) is 0 Å². The molecule has 23 heavy (non-hydrogen) atoms. The van der Waals surface area contributed by atoms with Gasteiger partial charge in [0.2, 0.25) is 0 Å². The van der Waals surface area contributed by atoms with Crippen LogP contribution in [0.5, 0.6) is 0 Å². The molecule has 0 aliphatic carbocycles. The molecule has 0 aromatic heterocycles. The largest absolute Gasteiger partial charge is 0.309 e. The van der Waals surface area contributed by atoms with E-state index in [4.69, 9.17) is 11.6 Å². The molecule has 2 aliphatic rings. The molecule has 0 radical (unpaired) electrons. The van der Waals surface area contributed by atoms with Gasteiger partial charge in [0.15, 0.2) is 0 Å². The van der Waals surface area contributed by atoms with Crippen LogP contribution < -0.4 is 5.32 Å². The van der Waals surface area contributed by atoms with Crippen molar-refractivity contribution < 1.29 is 12.8 Å². The van der Waals surface area contributed by atoms with E-state index in [0.29, 0.717) is 13.1 Å². The average Bonchev–Trinajstić information content (AvgIpc) is 2.50. The maximum Gasteiger partial charge on any atom is 0.282 e. The van der Waals surface area contributed by atoms with E-state index in [9.17, 15) is 12.8 Å². The third-order valence-corrected chi connectivity index (χ3v) is 6.81. The van der Waals surface area contributed by atoms with Gasteiger partial charge in [0.05, 0.1) is 0 Å². The smallest absolute Gasteiger partial charge is 0.282 e. The number of hydrogen-bond acceptors (Lipinski definition) is 3. The van der Waals surface area contributed by atoms with Crippen LogP contribution in [0.2, 0.25) is 5.02 Å². The molecule has 1 aromatic carbocycles. The monoisotopic (exact) mass is 361 g/mol. The van der Waals surface area contributed by atoms with E-state index in [1.807, 2.05) is 0 Å². The van der Waals surface area contributed by atoms with Gasteiger partial charge in [0.1, 0.15) is 5.82 Å². The minimum absolute atomic E-state index is 0.0763. The highest BCUT2D eigenvalue weighted by molar-refractivity contribution is 7.86. The molecule has 2 aliphatic heterocycles. The highest BCUT2D eigenvalue weighted by Gasteiger charge is 2.37. The Morgan fingerprint density at radius 1 is 1.35 bits per heavy atom. The summed E-state index contributed by atoms with van der Waals surface area (Å²) in [5.74, 6) is -0.489. The van der Waals surface area contributed by atoms with Gasteiger partial charge < -0.3 is 5.32 Å². The van der Waals surface area contributed by atoms with Crippen LogP contribution in [0.15, 0.2) is 18.2 Å². The van der Waals surface area contributed by atoms with Crippen molar-refractivity contribution in [3.8, 4) is 0 Å². The van der Waals surface area contributed by atoms with E-state index in [1.165, 1.54) is 27.8 Å². The number of rotatable bonds is 4. The quantitative estimate of drug-likeness (QED) is 0.892. The van der Waals surface area contributed by atoms with E-state index >= 15 is 0 Å². The van der Waals surface area contributed by atoms with E-state index in [-0.39, 0.29) is 29.2 Å². The summed E-state index contributed by atoms with van der Waals surface area (Å²) in [6.45, 7) is 0.857. The molecule has 2 unspecified atom stereocenters. The van der Waals surface area contributed by atoms with E-state index in [2.05, 4.69) is 5.32 Å². The van der Waals surface area contributed by atoms with Gasteiger partial charge in [-0.2, -0.15) is 17.0 Å². The van der Waals surface area contributed by atoms with Crippen LogP contribution in [-0.4, -0.2) is 49.2 Å². The fourth-order valence-electron chi connectivity index (χ4n) is 3.34. The first-order valence-corrected chi connectivity index (χ1v) is 9.56. The van der Waals surface area contributed by atoms with E-state index in [1.54, 1.807) is 6.07 Å². The Hall–Kier alpha value is -0.730. The lowest BCUT2D eigenvalue weighted by Gasteiger charge is -2.42. The summed E-state index contributed by atoms with van der Waals surface area (Å²) in [7, 11) is -2.17. The molecule has 8 heteroatoms. The number of piperidine rings is 1. The van der Waals surface area contributed by atoms with Crippen LogP contribution in [0, 0.1) is 5.82 Å². The maximum absolute atomic E-state index is 13.9. The van der Waals surface area contributed by atoms with Gasteiger partial charge in [-0.3, -0.25) is 0 Å². The molecular weight excluding hydrogens is 341 g/mol. The number of fused-ring (bicyclic) bond motifs is 2. The Bertz CT molecular complexity index is 653. The Labute approximate surface area is 141 Å². The second-order valence-electron chi connectivity index (χ2n) is 6.27. The first kappa shape index (κ1) is 17.1. The lowest BCUT2D eigenvalue weighted by molar-refractivity contribution is 0.183. The van der Waals surface area contributed by atoms with Gasteiger partial charge in [-0.05, 0) is 25.0 Å². The molecule has 1 N–H and O–H groups in total. The van der Waals surface area contributed by atoms with Crippen molar-refractivity contribution in [1.29, 1.82) is 0 Å². The van der Waals surface area contributed by atoms with E-state index in [0.717, 1.165) is 19.3 Å². The fourth-order valence-corrected chi connectivity index (χ4v) is 4.98. The zero-order valence-electron chi connectivity index (χ0n) is 13.0. The SMILES string of the molecule is CN(Cc1c(F)cccc1Cl)S(=O)(=O)N1CC2CCCC(C1)N2. The van der Waals surface area contributed by atoms with Gasteiger partial charge in [0.25, 0.3) is 10.2 Å². The summed E-state index contributed by atoms with van der Waals surface area (Å²) >= 11 is 6.00. The van der Waals surface area contributed by atoms with Crippen molar-refractivity contribution in [2.75, 3.05) is 20.1 Å². The second kappa shape index (κ2) is 6.64. The summed E-state index contributed by atoms with van der Waals surface area (Å²) < 4.78 is 42.2. The average molecular weight is 362 g/mol. The normalized spacial score (nSPS) is 25.7. The van der Waals surface area contributed by atoms with Gasteiger partial charge in [-0.25, -0.2) is 4.39 Å². The Kier molecular flexibility index (Phi) is 4.94. The van der Waals surface area contributed by atoms with Crippen LogP contribution in [0.3, 0.4) is 0 Å². The fraction of sp³-hybridized carbons (Fsp3) is 0.600. The lowest BCUT2D eigenvalue weighted by atomic mass is 9.96. The Balaban J connectivity index is 1.76. The molecule has 2 fully saturated rings. The predicted molar refractivity (Wildman–Crippen MR) is 87.9 cm³/mol. The van der Waals surface area contributed by atoms with Gasteiger partial charge in [0, 0.05) is 49.4 Å². The summed E-state index contributed by atoms with van der Waals surface area (Å²) in [6.07, 6.45) is 3.12. The molecule has 2 saturated heterocycles. The van der Waals surface area contributed by atoms with Crippen LogP contribution in [-0.2, 0) is 16.8 Å². The molecule has 0 spiro atoms. The van der Waals surface area contributed by atoms with Crippen molar-refractivity contribution >= 4 is 21.8 Å². The van der Waals surface area contributed by atoms with Crippen molar-refractivity contribution in [2.45, 2.75) is 37.9 Å². The van der Waals surface area contributed by atoms with Gasteiger partial charge in [-0.1, -0.05) is 24.1 Å². The molecule has 3 rings (SSSR count). The number of nitrogens with zero attached hydrogens (tertiary/aromatic N) is 2. The first-order chi connectivity index (χ1) is 10.9. The topological polar surface area (TPSA) is 52.7 Å². The molecule has 2 atom stereocenters. The number of nitrogens with one attached hydrogen (secondary N) is 1. The van der Waals surface area contributed by atoms with Gasteiger partial charge >= 0.3 is 0 Å². The molecule has 1 aromatic rings. The van der Waals surface area contributed by atoms with Crippen molar-refractivity contribution in [3.05, 3.63) is 34.6 Å². The first-order valence-electron chi connectivity index (χ1n) is 7.78. The summed E-state index contributed by atoms with van der Waals surface area (Å²) in [4.78, 5) is 0. The zero-order valence-corrected chi connectivity index (χ0v) is 14.6. The van der Waals surface area contributed by atoms with Crippen LogP contribution >= 0.6 is 11.6 Å². The molecular formula is C15H21ClFN3O2S. The molecule has 2 bridgehead atoms. The van der Waals surface area contributed by atoms with Crippen LogP contribution in [0.4, 0.5) is 4.39 Å². The highest BCUT2D eigenvalue weighted by Crippen LogP contribution is 2.25.